The highest BCUT2D eigenvalue weighted by atomic mass is 32.2. The molecule has 0 fully saturated rings. The van der Waals surface area contributed by atoms with Gasteiger partial charge in [-0.25, -0.2) is 9.99 Å². The largest absolute Gasteiger partial charge is 0.493 e. The summed E-state index contributed by atoms with van der Waals surface area (Å²) < 4.78 is 11.4. The molecule has 1 amide bonds. The van der Waals surface area contributed by atoms with Gasteiger partial charge in [-0.2, -0.15) is 10.1 Å². The number of hydrazone groups is 1. The number of nitrogens with zero attached hydrogens (tertiary/aromatic N) is 4. The van der Waals surface area contributed by atoms with Crippen molar-refractivity contribution >= 4 is 41.7 Å². The van der Waals surface area contributed by atoms with Crippen LogP contribution in [0, 0.1) is 0 Å². The maximum atomic E-state index is 13.6. The van der Waals surface area contributed by atoms with Crippen molar-refractivity contribution < 1.29 is 14.3 Å². The second kappa shape index (κ2) is 15.4. The normalized spacial score (nSPS) is 14.2. The summed E-state index contributed by atoms with van der Waals surface area (Å²) >= 11 is 1.75. The molecule has 1 atom stereocenters. The molecule has 0 bridgehead atoms. The number of nitrogens with two attached hydrogens (primary N) is 2. The number of ether oxygens (including phenoxy) is 2. The predicted molar refractivity (Wildman–Crippen MR) is 176 cm³/mol. The maximum Gasteiger partial charge on any atom is 0.268 e. The van der Waals surface area contributed by atoms with Gasteiger partial charge in [-0.05, 0) is 47.9 Å². The topological polar surface area (TPSA) is 129 Å². The molecule has 1 aromatic heterocycles. The van der Waals surface area contributed by atoms with E-state index in [0.29, 0.717) is 29.3 Å². The number of thioether (sulfide) groups is 1. The zero-order valence-electron chi connectivity index (χ0n) is 25.5. The molecule has 2 aromatic carbocycles. The highest BCUT2D eigenvalue weighted by Crippen LogP contribution is 2.39. The third kappa shape index (κ3) is 7.87. The number of fused-ring (bicyclic) bond motifs is 1. The van der Waals surface area contributed by atoms with Gasteiger partial charge in [-0.3, -0.25) is 4.79 Å². The number of aryl methyl sites for hydroxylation is 1. The lowest BCUT2D eigenvalue weighted by Crippen LogP contribution is -2.31. The first-order valence-corrected chi connectivity index (χ1v) is 15.9. The number of hydrogen-bond acceptors (Lipinski definition) is 9. The maximum absolute atomic E-state index is 13.6. The number of anilines is 2. The van der Waals surface area contributed by atoms with Crippen molar-refractivity contribution in [1.82, 2.24) is 15.0 Å². The Kier molecular flexibility index (Phi) is 11.4. The molecule has 43 heavy (non-hydrogen) atoms. The van der Waals surface area contributed by atoms with Gasteiger partial charge in [0.05, 0.1) is 26.1 Å². The van der Waals surface area contributed by atoms with Crippen LogP contribution in [0.3, 0.4) is 0 Å². The van der Waals surface area contributed by atoms with Crippen molar-refractivity contribution in [3.63, 3.8) is 0 Å². The van der Waals surface area contributed by atoms with Gasteiger partial charge in [0, 0.05) is 29.2 Å². The minimum absolute atomic E-state index is 0.166. The zero-order chi connectivity index (χ0) is 30.8. The van der Waals surface area contributed by atoms with Crippen LogP contribution in [-0.4, -0.2) is 47.1 Å². The number of benzene rings is 2. The van der Waals surface area contributed by atoms with Gasteiger partial charge in [0.15, 0.2) is 11.5 Å². The van der Waals surface area contributed by atoms with Crippen molar-refractivity contribution in [2.45, 2.75) is 64.2 Å². The third-order valence-electron chi connectivity index (χ3n) is 7.29. The second-order valence-electron chi connectivity index (χ2n) is 10.4. The molecule has 4 N–H and O–H groups in total. The number of aromatic nitrogens is 2. The summed E-state index contributed by atoms with van der Waals surface area (Å²) in [6.45, 7) is 4.28. The van der Waals surface area contributed by atoms with Crippen LogP contribution in [0.4, 0.5) is 11.8 Å². The highest BCUT2D eigenvalue weighted by molar-refractivity contribution is 7.99. The highest BCUT2D eigenvalue weighted by Gasteiger charge is 2.28. The second-order valence-corrected chi connectivity index (χ2v) is 11.6. The van der Waals surface area contributed by atoms with E-state index in [1.165, 1.54) is 19.3 Å². The molecule has 9 nitrogen and oxygen atoms in total. The number of carbonyl (C=O) groups excluding carboxylic acids is 1. The van der Waals surface area contributed by atoms with Gasteiger partial charge in [-0.15, -0.1) is 11.8 Å². The summed E-state index contributed by atoms with van der Waals surface area (Å²) in [6, 6.07) is 12.0. The predicted octanol–water partition coefficient (Wildman–Crippen LogP) is 6.40. The van der Waals surface area contributed by atoms with Gasteiger partial charge < -0.3 is 20.9 Å². The zero-order valence-corrected chi connectivity index (χ0v) is 26.3. The van der Waals surface area contributed by atoms with Crippen molar-refractivity contribution in [3.05, 3.63) is 76.0 Å². The van der Waals surface area contributed by atoms with Gasteiger partial charge in [0.2, 0.25) is 5.95 Å². The molecule has 0 radical (unpaired) electrons. The van der Waals surface area contributed by atoms with Crippen molar-refractivity contribution in [3.8, 4) is 11.5 Å². The molecule has 1 unspecified atom stereocenters. The average molecular weight is 603 g/mol. The van der Waals surface area contributed by atoms with E-state index in [1.54, 1.807) is 49.4 Å². The molecule has 228 valence electrons. The summed E-state index contributed by atoms with van der Waals surface area (Å²) in [4.78, 5) is 22.3. The monoisotopic (exact) mass is 602 g/mol. The number of unbranched alkanes of at least 4 members (excludes halogenated alkanes) is 3. The van der Waals surface area contributed by atoms with Crippen molar-refractivity contribution in [2.24, 2.45) is 5.10 Å². The fraction of sp³-hybridized carbons (Fsp3) is 0.394. The fourth-order valence-corrected chi connectivity index (χ4v) is 6.44. The van der Waals surface area contributed by atoms with Crippen molar-refractivity contribution in [1.29, 1.82) is 0 Å². The lowest BCUT2D eigenvalue weighted by molar-refractivity contribution is -0.126. The van der Waals surface area contributed by atoms with Gasteiger partial charge in [0.25, 0.3) is 5.91 Å². The smallest absolute Gasteiger partial charge is 0.268 e. The Morgan fingerprint density at radius 1 is 1.05 bits per heavy atom. The first-order chi connectivity index (χ1) is 20.9. The molecule has 0 aliphatic carbocycles. The molecular weight excluding hydrogens is 560 g/mol. The van der Waals surface area contributed by atoms with E-state index >= 15 is 0 Å². The van der Waals surface area contributed by atoms with Crippen LogP contribution in [-0.2, 0) is 17.6 Å². The first kappa shape index (κ1) is 31.9. The van der Waals surface area contributed by atoms with Crippen LogP contribution in [0.15, 0.2) is 47.6 Å². The molecule has 0 saturated carbocycles. The summed E-state index contributed by atoms with van der Waals surface area (Å²) in [5.74, 6) is 2.33. The van der Waals surface area contributed by atoms with E-state index in [9.17, 15) is 4.79 Å². The number of rotatable bonds is 14. The minimum atomic E-state index is -0.218. The summed E-state index contributed by atoms with van der Waals surface area (Å²) in [6.07, 6.45) is 11.8. The SMILES string of the molecule is CCCCCCSC1c2ccccc2C=NN1C(=O)/C=C/c1cc(Cc2c(N)nc(N)nc2CCC)cc(OC)c1OC. The van der Waals surface area contributed by atoms with E-state index < -0.39 is 0 Å². The van der Waals surface area contributed by atoms with Gasteiger partial charge >= 0.3 is 0 Å². The van der Waals surface area contributed by atoms with Crippen LogP contribution in [0.1, 0.15) is 84.8 Å². The fourth-order valence-electron chi connectivity index (χ4n) is 5.15. The number of methoxy groups -OCH3 is 2. The summed E-state index contributed by atoms with van der Waals surface area (Å²) in [5, 5.41) is 5.93. The Morgan fingerprint density at radius 2 is 1.86 bits per heavy atom. The Bertz CT molecular complexity index is 1480. The molecule has 2 heterocycles. The number of amides is 1. The van der Waals surface area contributed by atoms with Crippen LogP contribution in [0.2, 0.25) is 0 Å². The Balaban J connectivity index is 1.62. The van der Waals surface area contributed by atoms with Gasteiger partial charge in [0.1, 0.15) is 11.2 Å². The average Bonchev–Trinajstić information content (AvgIpc) is 3.01. The molecule has 0 saturated heterocycles. The lowest BCUT2D eigenvalue weighted by Gasteiger charge is -2.30. The Labute approximate surface area is 258 Å². The first-order valence-electron chi connectivity index (χ1n) is 14.8. The third-order valence-corrected chi connectivity index (χ3v) is 8.58. The molecule has 10 heteroatoms. The van der Waals surface area contributed by atoms with Gasteiger partial charge in [-0.1, -0.05) is 63.8 Å². The van der Waals surface area contributed by atoms with Crippen LogP contribution in [0.25, 0.3) is 6.08 Å². The Morgan fingerprint density at radius 3 is 2.60 bits per heavy atom. The molecule has 1 aliphatic rings. The van der Waals surface area contributed by atoms with E-state index in [1.807, 2.05) is 30.3 Å². The lowest BCUT2D eigenvalue weighted by atomic mass is 9.99. The quantitative estimate of drug-likeness (QED) is 0.160. The van der Waals surface area contributed by atoms with E-state index in [-0.39, 0.29) is 17.2 Å². The summed E-state index contributed by atoms with van der Waals surface area (Å²) in [7, 11) is 3.17. The molecule has 1 aliphatic heterocycles. The van der Waals surface area contributed by atoms with Crippen LogP contribution >= 0.6 is 11.8 Å². The molecular formula is C33H42N6O3S. The molecule has 4 rings (SSSR count). The minimum Gasteiger partial charge on any atom is -0.493 e. The number of hydrogen-bond donors (Lipinski definition) is 2. The number of nitrogen functional groups attached to an aromatic ring is 2. The van der Waals surface area contributed by atoms with E-state index in [4.69, 9.17) is 20.9 Å². The molecule has 3 aromatic rings. The summed E-state index contributed by atoms with van der Waals surface area (Å²) in [5.41, 5.74) is 17.6. The number of carbonyl (C=O) groups is 1. The standard InChI is InChI=1S/C33H42N6O3S/c1-5-7-8-11-17-43-32-25-14-10-9-13-24(25)21-36-39(32)29(40)16-15-23-18-22(20-28(41-3)30(23)42-4)19-26-27(12-6-2)37-33(35)38-31(26)34/h9-10,13-16,18,20-21,32H,5-8,11-12,17,19H2,1-4H3,(H4,34,35,37,38)/b16-15+. The van der Waals surface area contributed by atoms with E-state index in [2.05, 4.69) is 35.0 Å². The Hall–Kier alpha value is -4.05. The molecule has 0 spiro atoms. The van der Waals surface area contributed by atoms with Crippen LogP contribution < -0.4 is 20.9 Å². The van der Waals surface area contributed by atoms with Crippen LogP contribution in [0.5, 0.6) is 11.5 Å². The van der Waals surface area contributed by atoms with E-state index in [0.717, 1.165) is 53.0 Å². The van der Waals surface area contributed by atoms with Crippen molar-refractivity contribution in [2.75, 3.05) is 31.4 Å².